The molecule has 2 aromatic heterocycles. The molecule has 0 unspecified atom stereocenters. The molecule has 1 N–H and O–H groups in total. The predicted octanol–water partition coefficient (Wildman–Crippen LogP) is 15.6. The summed E-state index contributed by atoms with van der Waals surface area (Å²) in [6.07, 6.45) is 1.90. The Hall–Kier alpha value is -6.26. The maximum atomic E-state index is 12.5. The second-order valence-corrected chi connectivity index (χ2v) is 19.3. The van der Waals surface area contributed by atoms with Crippen LogP contribution in [0.25, 0.3) is 72.7 Å². The molecule has 4 heteroatoms. The standard InChI is InChI=1S/C57H59N3O/c1-35(2)41-27-44(29-45(28-41)51-32-40(24-25-58-51)39-22-20-37(5)21-23-39)48-18-15-19-52-53(48)59-55(49-33-46(56(6,7)8)34-50(54(49)61)57(9,10)11)60(52)47-30-42(36(3)4)26-43(31-47)38-16-13-12-14-17-38/h12-36,61H,1-11H3/i36D. The van der Waals surface area contributed by atoms with E-state index in [1.54, 1.807) is 0 Å². The molecule has 0 saturated heterocycles. The molecule has 8 aromatic rings. The number of aryl methyl sites for hydroxylation is 1. The zero-order valence-corrected chi connectivity index (χ0v) is 37.6. The molecule has 0 aliphatic carbocycles. The molecular formula is C57H59N3O. The van der Waals surface area contributed by atoms with Gasteiger partial charge in [0.2, 0.25) is 0 Å². The van der Waals surface area contributed by atoms with Crippen molar-refractivity contribution in [3.63, 3.8) is 0 Å². The minimum atomic E-state index is -0.882. The summed E-state index contributed by atoms with van der Waals surface area (Å²) in [7, 11) is 0. The molecule has 4 nitrogen and oxygen atoms in total. The minimum absolute atomic E-state index is 0.196. The third kappa shape index (κ3) is 8.29. The fraction of sp³-hybridized carbons (Fsp3) is 0.263. The SMILES string of the molecule is [2H]C(C)(C)c1cc(-c2ccccc2)cc(-n2c(-c3cc(C(C)(C)C)cc(C(C)(C)C)c3O)nc3c(-c4cc(-c5cc(-c6ccc(C)cc6)ccn5)cc(C(C)C)c4)cccc32)c1. The fourth-order valence-corrected chi connectivity index (χ4v) is 8.21. The van der Waals surface area contributed by atoms with Crippen molar-refractivity contribution in [3.8, 4) is 67.5 Å². The van der Waals surface area contributed by atoms with Crippen molar-refractivity contribution in [1.29, 1.82) is 0 Å². The van der Waals surface area contributed by atoms with Crippen LogP contribution in [0, 0.1) is 6.92 Å². The Labute approximate surface area is 364 Å². The quantitative estimate of drug-likeness (QED) is 0.166. The van der Waals surface area contributed by atoms with Crippen molar-refractivity contribution >= 4 is 11.0 Å². The van der Waals surface area contributed by atoms with Crippen LogP contribution in [0.5, 0.6) is 5.75 Å². The second-order valence-electron chi connectivity index (χ2n) is 19.3. The number of hydrogen-bond acceptors (Lipinski definition) is 3. The van der Waals surface area contributed by atoms with Gasteiger partial charge in [0.15, 0.2) is 0 Å². The summed E-state index contributed by atoms with van der Waals surface area (Å²) in [5.74, 6) is 0.259. The third-order valence-corrected chi connectivity index (χ3v) is 11.9. The Morgan fingerprint density at radius 1 is 0.590 bits per heavy atom. The molecule has 0 radical (unpaired) electrons. The molecule has 61 heavy (non-hydrogen) atoms. The summed E-state index contributed by atoms with van der Waals surface area (Å²) >= 11 is 0. The van der Waals surface area contributed by atoms with Crippen LogP contribution in [0.1, 0.15) is 110 Å². The highest BCUT2D eigenvalue weighted by molar-refractivity contribution is 5.97. The van der Waals surface area contributed by atoms with Crippen molar-refractivity contribution in [1.82, 2.24) is 14.5 Å². The Bertz CT molecular complexity index is 2940. The number of para-hydroxylation sites is 1. The summed E-state index contributed by atoms with van der Waals surface area (Å²) in [5.41, 5.74) is 16.4. The van der Waals surface area contributed by atoms with Gasteiger partial charge in [-0.15, -0.1) is 0 Å². The zero-order valence-electron chi connectivity index (χ0n) is 38.6. The Morgan fingerprint density at radius 2 is 1.28 bits per heavy atom. The van der Waals surface area contributed by atoms with Gasteiger partial charge in [0.05, 0.1) is 22.3 Å². The molecule has 8 rings (SSSR count). The van der Waals surface area contributed by atoms with E-state index in [-0.39, 0.29) is 22.5 Å². The van der Waals surface area contributed by atoms with Gasteiger partial charge in [-0.3, -0.25) is 9.55 Å². The Balaban J connectivity index is 1.44. The first-order valence-electron chi connectivity index (χ1n) is 22.1. The number of nitrogens with zero attached hydrogens (tertiary/aromatic N) is 3. The summed E-state index contributed by atoms with van der Waals surface area (Å²) in [6.45, 7) is 23.5. The van der Waals surface area contributed by atoms with Crippen molar-refractivity contribution in [2.24, 2.45) is 0 Å². The predicted molar refractivity (Wildman–Crippen MR) is 258 cm³/mol. The van der Waals surface area contributed by atoms with E-state index in [9.17, 15) is 6.48 Å². The highest BCUT2D eigenvalue weighted by Gasteiger charge is 2.29. The molecule has 0 amide bonds. The number of phenolic OH excluding ortho intramolecular Hbond substituents is 1. The highest BCUT2D eigenvalue weighted by atomic mass is 16.3. The van der Waals surface area contributed by atoms with Crippen LogP contribution in [0.2, 0.25) is 0 Å². The largest absolute Gasteiger partial charge is 0.507 e. The minimum Gasteiger partial charge on any atom is -0.507 e. The van der Waals surface area contributed by atoms with E-state index in [1.165, 1.54) is 11.1 Å². The molecule has 0 atom stereocenters. The molecule has 0 aliphatic heterocycles. The lowest BCUT2D eigenvalue weighted by atomic mass is 9.79. The summed E-state index contributed by atoms with van der Waals surface area (Å²) in [4.78, 5) is 10.5. The van der Waals surface area contributed by atoms with E-state index in [1.807, 2.05) is 26.1 Å². The normalized spacial score (nSPS) is 12.6. The van der Waals surface area contributed by atoms with Gasteiger partial charge in [-0.1, -0.05) is 160 Å². The van der Waals surface area contributed by atoms with Gasteiger partial charge < -0.3 is 5.11 Å². The molecule has 0 aliphatic rings. The maximum absolute atomic E-state index is 12.5. The molecule has 0 saturated carbocycles. The van der Waals surface area contributed by atoms with E-state index in [2.05, 4.69) is 194 Å². The van der Waals surface area contributed by atoms with Crippen LogP contribution in [0.4, 0.5) is 0 Å². The van der Waals surface area contributed by atoms with Crippen molar-refractivity contribution < 1.29 is 6.48 Å². The van der Waals surface area contributed by atoms with Crippen LogP contribution in [0.3, 0.4) is 0 Å². The first kappa shape index (κ1) is 40.2. The molecule has 6 aromatic carbocycles. The van der Waals surface area contributed by atoms with Gasteiger partial charge in [0, 0.05) is 29.9 Å². The molecule has 0 bridgehead atoms. The average molecular weight is 803 g/mol. The number of imidazole rings is 1. The molecular weight excluding hydrogens is 743 g/mol. The summed E-state index contributed by atoms with van der Waals surface area (Å²) in [5, 5.41) is 12.5. The molecule has 0 spiro atoms. The van der Waals surface area contributed by atoms with E-state index < -0.39 is 5.89 Å². The van der Waals surface area contributed by atoms with Gasteiger partial charge in [0.1, 0.15) is 11.6 Å². The Kier molecular flexibility index (Phi) is 10.5. The average Bonchev–Trinajstić information content (AvgIpc) is 3.62. The second kappa shape index (κ2) is 16.0. The van der Waals surface area contributed by atoms with E-state index in [0.29, 0.717) is 11.4 Å². The van der Waals surface area contributed by atoms with Crippen LogP contribution >= 0.6 is 0 Å². The van der Waals surface area contributed by atoms with Crippen LogP contribution in [-0.2, 0) is 10.8 Å². The van der Waals surface area contributed by atoms with E-state index >= 15 is 0 Å². The summed E-state index contributed by atoms with van der Waals surface area (Å²) < 4.78 is 11.5. The lowest BCUT2D eigenvalue weighted by Gasteiger charge is -2.27. The third-order valence-electron chi connectivity index (χ3n) is 11.9. The monoisotopic (exact) mass is 802 g/mol. The van der Waals surface area contributed by atoms with Gasteiger partial charge >= 0.3 is 0 Å². The van der Waals surface area contributed by atoms with E-state index in [4.69, 9.17) is 9.97 Å². The number of aromatic hydroxyl groups is 1. The number of phenols is 1. The van der Waals surface area contributed by atoms with Gasteiger partial charge in [0.25, 0.3) is 0 Å². The first-order valence-corrected chi connectivity index (χ1v) is 21.6. The molecule has 0 fully saturated rings. The van der Waals surface area contributed by atoms with Crippen molar-refractivity contribution in [2.75, 3.05) is 0 Å². The van der Waals surface area contributed by atoms with Crippen LogP contribution in [-0.4, -0.2) is 19.6 Å². The first-order chi connectivity index (χ1) is 29.3. The van der Waals surface area contributed by atoms with Gasteiger partial charge in [-0.2, -0.15) is 0 Å². The highest BCUT2D eigenvalue weighted by Crippen LogP contribution is 2.45. The number of benzene rings is 6. The van der Waals surface area contributed by atoms with Crippen LogP contribution in [0.15, 0.2) is 140 Å². The summed E-state index contributed by atoms with van der Waals surface area (Å²) in [6, 6.07) is 47.2. The molecule has 308 valence electrons. The van der Waals surface area contributed by atoms with Crippen molar-refractivity contribution in [3.05, 3.63) is 167 Å². The lowest BCUT2D eigenvalue weighted by Crippen LogP contribution is -2.17. The number of fused-ring (bicyclic) bond motifs is 1. The number of aromatic nitrogens is 3. The van der Waals surface area contributed by atoms with E-state index in [0.717, 1.165) is 78.0 Å². The zero-order chi connectivity index (χ0) is 44.3. The number of hydrogen-bond donors (Lipinski definition) is 1. The Morgan fingerprint density at radius 3 is 1.95 bits per heavy atom. The van der Waals surface area contributed by atoms with Gasteiger partial charge in [-0.05, 0) is 123 Å². The fourth-order valence-electron chi connectivity index (χ4n) is 8.21. The number of pyridine rings is 1. The lowest BCUT2D eigenvalue weighted by molar-refractivity contribution is 0.446. The van der Waals surface area contributed by atoms with Crippen LogP contribution < -0.4 is 0 Å². The maximum Gasteiger partial charge on any atom is 0.149 e. The smallest absolute Gasteiger partial charge is 0.149 e. The number of rotatable bonds is 8. The van der Waals surface area contributed by atoms with Crippen molar-refractivity contribution in [2.45, 2.75) is 98.8 Å². The molecule has 2 heterocycles. The topological polar surface area (TPSA) is 50.9 Å². The van der Waals surface area contributed by atoms with Gasteiger partial charge in [-0.25, -0.2) is 4.98 Å².